The average Bonchev–Trinajstić information content (AvgIpc) is 3.13. The molecule has 3 rings (SSSR count). The van der Waals surface area contributed by atoms with Gasteiger partial charge in [0.2, 0.25) is 11.8 Å². The van der Waals surface area contributed by atoms with Crippen molar-refractivity contribution in [3.8, 4) is 0 Å². The van der Waals surface area contributed by atoms with Crippen LogP contribution >= 0.6 is 15.9 Å². The third-order valence-corrected chi connectivity index (χ3v) is 5.96. The maximum Gasteiger partial charge on any atom is 0.253 e. The van der Waals surface area contributed by atoms with Crippen molar-refractivity contribution < 1.29 is 14.4 Å². The average molecular weight is 472 g/mol. The number of carbonyl (C=O) groups excluding carboxylic acids is 3. The first-order valence-corrected chi connectivity index (χ1v) is 10.7. The van der Waals surface area contributed by atoms with Gasteiger partial charge in [0.15, 0.2) is 0 Å². The van der Waals surface area contributed by atoms with E-state index in [0.717, 1.165) is 15.7 Å². The van der Waals surface area contributed by atoms with Gasteiger partial charge < -0.3 is 14.7 Å². The fourth-order valence-corrected chi connectivity index (χ4v) is 4.11. The van der Waals surface area contributed by atoms with E-state index in [-0.39, 0.29) is 30.1 Å². The predicted octanol–water partition coefficient (Wildman–Crippen LogP) is 3.55. The standard InChI is InChI=1S/C23H26BrN3O3/c1-4-26(14-16-9-11-17(12-10-16)22(29)25(2)3)23(30)18-13-21(28)27(15-18)20-8-6-5-7-19(20)24/h5-12,18H,4,13-15H2,1-3H3. The van der Waals surface area contributed by atoms with Gasteiger partial charge in [-0.05, 0) is 52.7 Å². The number of para-hydroxylation sites is 1. The highest BCUT2D eigenvalue weighted by Crippen LogP contribution is 2.32. The zero-order valence-corrected chi connectivity index (χ0v) is 19.1. The lowest BCUT2D eigenvalue weighted by Crippen LogP contribution is -2.37. The molecule has 3 amide bonds. The van der Waals surface area contributed by atoms with Crippen molar-refractivity contribution in [1.29, 1.82) is 0 Å². The van der Waals surface area contributed by atoms with Crippen molar-refractivity contribution in [2.24, 2.45) is 5.92 Å². The van der Waals surface area contributed by atoms with Gasteiger partial charge in [-0.15, -0.1) is 0 Å². The Balaban J connectivity index is 1.68. The molecule has 158 valence electrons. The highest BCUT2D eigenvalue weighted by molar-refractivity contribution is 9.10. The molecule has 2 aromatic rings. The highest BCUT2D eigenvalue weighted by Gasteiger charge is 2.37. The molecular formula is C23H26BrN3O3. The number of amides is 3. The summed E-state index contributed by atoms with van der Waals surface area (Å²) in [7, 11) is 3.43. The second-order valence-corrected chi connectivity index (χ2v) is 8.46. The van der Waals surface area contributed by atoms with Gasteiger partial charge in [-0.3, -0.25) is 14.4 Å². The molecule has 1 aliphatic heterocycles. The molecule has 0 bridgehead atoms. The minimum atomic E-state index is -0.362. The molecule has 1 unspecified atom stereocenters. The lowest BCUT2D eigenvalue weighted by atomic mass is 10.1. The van der Waals surface area contributed by atoms with Gasteiger partial charge in [0, 0.05) is 50.2 Å². The second kappa shape index (κ2) is 9.43. The zero-order chi connectivity index (χ0) is 21.8. The fraction of sp³-hybridized carbons (Fsp3) is 0.348. The summed E-state index contributed by atoms with van der Waals surface area (Å²) >= 11 is 3.49. The monoisotopic (exact) mass is 471 g/mol. The number of hydrogen-bond acceptors (Lipinski definition) is 3. The summed E-state index contributed by atoms with van der Waals surface area (Å²) in [5.74, 6) is -0.475. The summed E-state index contributed by atoms with van der Waals surface area (Å²) in [6.45, 7) is 3.32. The van der Waals surface area contributed by atoms with Gasteiger partial charge >= 0.3 is 0 Å². The van der Waals surface area contributed by atoms with Gasteiger partial charge in [0.1, 0.15) is 0 Å². The Morgan fingerprint density at radius 1 is 1.10 bits per heavy atom. The maximum absolute atomic E-state index is 13.1. The first-order chi connectivity index (χ1) is 14.3. The predicted molar refractivity (Wildman–Crippen MR) is 120 cm³/mol. The molecule has 0 aliphatic carbocycles. The van der Waals surface area contributed by atoms with Crippen LogP contribution in [0.2, 0.25) is 0 Å². The molecule has 6 nitrogen and oxygen atoms in total. The van der Waals surface area contributed by atoms with Crippen LogP contribution in [0.4, 0.5) is 5.69 Å². The molecule has 1 fully saturated rings. The SMILES string of the molecule is CCN(Cc1ccc(C(=O)N(C)C)cc1)C(=O)C1CC(=O)N(c2ccccc2Br)C1. The maximum atomic E-state index is 13.1. The summed E-state index contributed by atoms with van der Waals surface area (Å²) in [5.41, 5.74) is 2.36. The van der Waals surface area contributed by atoms with E-state index in [4.69, 9.17) is 0 Å². The van der Waals surface area contributed by atoms with E-state index < -0.39 is 0 Å². The van der Waals surface area contributed by atoms with E-state index in [2.05, 4.69) is 15.9 Å². The van der Waals surface area contributed by atoms with Crippen LogP contribution < -0.4 is 4.90 Å². The normalized spacial score (nSPS) is 15.9. The van der Waals surface area contributed by atoms with E-state index in [1.807, 2.05) is 43.3 Å². The van der Waals surface area contributed by atoms with Crippen LogP contribution in [0.15, 0.2) is 53.0 Å². The molecule has 7 heteroatoms. The number of benzene rings is 2. The van der Waals surface area contributed by atoms with Gasteiger partial charge in [-0.1, -0.05) is 24.3 Å². The van der Waals surface area contributed by atoms with Gasteiger partial charge in [-0.2, -0.15) is 0 Å². The minimum absolute atomic E-state index is 0.0196. The second-order valence-electron chi connectivity index (χ2n) is 7.61. The van der Waals surface area contributed by atoms with E-state index in [1.54, 1.807) is 36.0 Å². The molecular weight excluding hydrogens is 446 g/mol. The topological polar surface area (TPSA) is 60.9 Å². The largest absolute Gasteiger partial charge is 0.345 e. The van der Waals surface area contributed by atoms with Crippen molar-refractivity contribution in [3.05, 3.63) is 64.1 Å². The summed E-state index contributed by atoms with van der Waals surface area (Å²) < 4.78 is 0.839. The lowest BCUT2D eigenvalue weighted by molar-refractivity contribution is -0.136. The minimum Gasteiger partial charge on any atom is -0.345 e. The van der Waals surface area contributed by atoms with Crippen molar-refractivity contribution in [1.82, 2.24) is 9.80 Å². The Hall–Kier alpha value is -2.67. The molecule has 1 aliphatic rings. The molecule has 0 spiro atoms. The van der Waals surface area contributed by atoms with Gasteiger partial charge in [-0.25, -0.2) is 0 Å². The molecule has 0 aromatic heterocycles. The Bertz CT molecular complexity index is 943. The lowest BCUT2D eigenvalue weighted by Gasteiger charge is -2.25. The number of rotatable bonds is 6. The van der Waals surface area contributed by atoms with E-state index in [9.17, 15) is 14.4 Å². The van der Waals surface area contributed by atoms with Crippen LogP contribution in [0, 0.1) is 5.92 Å². The third-order valence-electron chi connectivity index (χ3n) is 5.29. The van der Waals surface area contributed by atoms with Crippen LogP contribution in [0.3, 0.4) is 0 Å². The van der Waals surface area contributed by atoms with Crippen LogP contribution in [-0.2, 0) is 16.1 Å². The summed E-state index contributed by atoms with van der Waals surface area (Å²) in [6.07, 6.45) is 0.215. The molecule has 1 atom stereocenters. The molecule has 0 radical (unpaired) electrons. The van der Waals surface area contributed by atoms with Crippen molar-refractivity contribution in [2.45, 2.75) is 19.9 Å². The Morgan fingerprint density at radius 3 is 2.37 bits per heavy atom. The zero-order valence-electron chi connectivity index (χ0n) is 17.5. The van der Waals surface area contributed by atoms with Crippen LogP contribution in [-0.4, -0.2) is 54.7 Å². The number of nitrogens with zero attached hydrogens (tertiary/aromatic N) is 3. The Kier molecular flexibility index (Phi) is 6.92. The first kappa shape index (κ1) is 22.0. The first-order valence-electron chi connectivity index (χ1n) is 9.96. The quantitative estimate of drug-likeness (QED) is 0.646. The van der Waals surface area contributed by atoms with E-state index in [1.165, 1.54) is 4.90 Å². The van der Waals surface area contributed by atoms with Crippen molar-refractivity contribution >= 4 is 39.3 Å². The van der Waals surface area contributed by atoms with Crippen LogP contribution in [0.1, 0.15) is 29.3 Å². The molecule has 30 heavy (non-hydrogen) atoms. The number of halogens is 1. The number of hydrogen-bond donors (Lipinski definition) is 0. The van der Waals surface area contributed by atoms with Crippen molar-refractivity contribution in [3.63, 3.8) is 0 Å². The van der Waals surface area contributed by atoms with E-state index >= 15 is 0 Å². The number of carbonyl (C=O) groups is 3. The summed E-state index contributed by atoms with van der Waals surface area (Å²) in [5, 5.41) is 0. The number of anilines is 1. The highest BCUT2D eigenvalue weighted by atomic mass is 79.9. The molecule has 2 aromatic carbocycles. The fourth-order valence-electron chi connectivity index (χ4n) is 3.61. The Labute approximate surface area is 185 Å². The van der Waals surface area contributed by atoms with Crippen LogP contribution in [0.5, 0.6) is 0 Å². The summed E-state index contributed by atoms with van der Waals surface area (Å²) in [6, 6.07) is 14.9. The molecule has 0 N–H and O–H groups in total. The van der Waals surface area contributed by atoms with Crippen LogP contribution in [0.25, 0.3) is 0 Å². The molecule has 1 saturated heterocycles. The van der Waals surface area contributed by atoms with E-state index in [0.29, 0.717) is 25.2 Å². The summed E-state index contributed by atoms with van der Waals surface area (Å²) in [4.78, 5) is 42.7. The molecule has 1 heterocycles. The van der Waals surface area contributed by atoms with Crippen molar-refractivity contribution in [2.75, 3.05) is 32.1 Å². The molecule has 0 saturated carbocycles. The Morgan fingerprint density at radius 2 is 1.77 bits per heavy atom. The van der Waals surface area contributed by atoms with Gasteiger partial charge in [0.25, 0.3) is 5.91 Å². The smallest absolute Gasteiger partial charge is 0.253 e. The third kappa shape index (κ3) is 4.73. The van der Waals surface area contributed by atoms with Gasteiger partial charge in [0.05, 0.1) is 11.6 Å².